The quantitative estimate of drug-likeness (QED) is 0.618. The van der Waals surface area contributed by atoms with Crippen molar-refractivity contribution in [2.45, 2.75) is 26.3 Å². The molecule has 13 heavy (non-hydrogen) atoms. The summed E-state index contributed by atoms with van der Waals surface area (Å²) < 4.78 is 0. The fraction of sp³-hybridized carbons (Fsp3) is 0.625. The number of rotatable bonds is 4. The van der Waals surface area contributed by atoms with Crippen LogP contribution in [0.1, 0.15) is 20.3 Å². The highest BCUT2D eigenvalue weighted by atomic mass is 16.2. The van der Waals surface area contributed by atoms with E-state index in [1.165, 1.54) is 0 Å². The van der Waals surface area contributed by atoms with Gasteiger partial charge in [0.15, 0.2) is 0 Å². The second kappa shape index (κ2) is 6.00. The van der Waals surface area contributed by atoms with Crippen LogP contribution in [0.5, 0.6) is 0 Å². The summed E-state index contributed by atoms with van der Waals surface area (Å²) in [6, 6.07) is 1.12. The first-order valence-electron chi connectivity index (χ1n) is 4.05. The van der Waals surface area contributed by atoms with Crippen molar-refractivity contribution in [3.63, 3.8) is 0 Å². The molecule has 5 heteroatoms. The molecule has 0 aliphatic rings. The first-order valence-corrected chi connectivity index (χ1v) is 4.05. The topological polar surface area (TPSA) is 82.0 Å². The van der Waals surface area contributed by atoms with E-state index in [1.807, 2.05) is 0 Å². The smallest absolute Gasteiger partial charge is 0.242 e. The molecule has 72 valence electrons. The number of likely N-dealkylation sites (N-methyl/N-ethyl adjacent to an activating group) is 1. The lowest BCUT2D eigenvalue weighted by Crippen LogP contribution is -2.44. The van der Waals surface area contributed by atoms with Gasteiger partial charge in [0, 0.05) is 6.54 Å². The van der Waals surface area contributed by atoms with Crippen molar-refractivity contribution < 1.29 is 9.59 Å². The maximum Gasteiger partial charge on any atom is 0.242 e. The average Bonchev–Trinajstić information content (AvgIpc) is 2.05. The van der Waals surface area contributed by atoms with Crippen LogP contribution in [0.4, 0.5) is 0 Å². The zero-order valence-electron chi connectivity index (χ0n) is 7.76. The number of nitrogens with one attached hydrogen (secondary N) is 2. The van der Waals surface area contributed by atoms with Crippen LogP contribution in [-0.2, 0) is 9.59 Å². The van der Waals surface area contributed by atoms with E-state index in [0.717, 1.165) is 0 Å². The Hall–Kier alpha value is -1.57. The molecule has 0 radical (unpaired) electrons. The van der Waals surface area contributed by atoms with Crippen LogP contribution < -0.4 is 10.6 Å². The van der Waals surface area contributed by atoms with Crippen LogP contribution in [0.2, 0.25) is 0 Å². The lowest BCUT2D eigenvalue weighted by atomic mass is 10.3. The molecule has 0 rings (SSSR count). The van der Waals surface area contributed by atoms with E-state index in [9.17, 15) is 9.59 Å². The summed E-state index contributed by atoms with van der Waals surface area (Å²) in [5.41, 5.74) is 0. The fourth-order valence-electron chi connectivity index (χ4n) is 0.757. The summed E-state index contributed by atoms with van der Waals surface area (Å²) in [6.07, 6.45) is -0.219. The standard InChI is InChI=1S/C8H13N3O2/c1-3-10-8(13)6(2)11-7(12)4-5-9/h6H,3-4H2,1-2H3,(H,10,13)(H,11,12). The van der Waals surface area contributed by atoms with Crippen LogP contribution >= 0.6 is 0 Å². The van der Waals surface area contributed by atoms with Crippen LogP contribution in [-0.4, -0.2) is 24.4 Å². The number of amides is 2. The minimum atomic E-state index is -0.583. The molecular weight excluding hydrogens is 170 g/mol. The van der Waals surface area contributed by atoms with Crippen molar-refractivity contribution in [3.05, 3.63) is 0 Å². The SMILES string of the molecule is CCNC(=O)C(C)NC(=O)CC#N. The first kappa shape index (κ1) is 11.4. The van der Waals surface area contributed by atoms with Gasteiger partial charge < -0.3 is 10.6 Å². The van der Waals surface area contributed by atoms with Crippen molar-refractivity contribution >= 4 is 11.8 Å². The third kappa shape index (κ3) is 4.80. The Morgan fingerprint density at radius 2 is 2.15 bits per heavy atom. The molecule has 0 bridgehead atoms. The molecule has 0 saturated heterocycles. The molecule has 0 aromatic carbocycles. The Morgan fingerprint density at radius 3 is 2.62 bits per heavy atom. The minimum Gasteiger partial charge on any atom is -0.355 e. The Balaban J connectivity index is 3.86. The number of carbonyl (C=O) groups is 2. The zero-order valence-corrected chi connectivity index (χ0v) is 7.76. The molecule has 1 atom stereocenters. The van der Waals surface area contributed by atoms with Gasteiger partial charge in [-0.05, 0) is 13.8 Å². The second-order valence-corrected chi connectivity index (χ2v) is 2.52. The zero-order chi connectivity index (χ0) is 10.3. The normalized spacial score (nSPS) is 11.2. The van der Waals surface area contributed by atoms with Gasteiger partial charge >= 0.3 is 0 Å². The van der Waals surface area contributed by atoms with Gasteiger partial charge in [-0.25, -0.2) is 0 Å². The highest BCUT2D eigenvalue weighted by Gasteiger charge is 2.13. The van der Waals surface area contributed by atoms with Gasteiger partial charge in [0.25, 0.3) is 0 Å². The van der Waals surface area contributed by atoms with Gasteiger partial charge in [-0.2, -0.15) is 5.26 Å². The predicted octanol–water partition coefficient (Wildman–Crippen LogP) is -0.459. The highest BCUT2D eigenvalue weighted by molar-refractivity contribution is 5.87. The number of carbonyl (C=O) groups excluding carboxylic acids is 2. The van der Waals surface area contributed by atoms with E-state index in [2.05, 4.69) is 10.6 Å². The average molecular weight is 183 g/mol. The third-order valence-electron chi connectivity index (χ3n) is 1.36. The van der Waals surface area contributed by atoms with Gasteiger partial charge in [-0.15, -0.1) is 0 Å². The molecule has 0 aromatic rings. The molecule has 0 aromatic heterocycles. The molecule has 0 spiro atoms. The van der Waals surface area contributed by atoms with Gasteiger partial charge in [-0.1, -0.05) is 0 Å². The molecule has 1 unspecified atom stereocenters. The van der Waals surface area contributed by atoms with Gasteiger partial charge in [-0.3, -0.25) is 9.59 Å². The number of nitriles is 1. The molecule has 0 aliphatic heterocycles. The summed E-state index contributed by atoms with van der Waals surface area (Å²) in [6.45, 7) is 3.89. The van der Waals surface area contributed by atoms with E-state index in [-0.39, 0.29) is 12.3 Å². The molecule has 0 heterocycles. The number of hydrogen-bond donors (Lipinski definition) is 2. The van der Waals surface area contributed by atoms with E-state index in [1.54, 1.807) is 19.9 Å². The van der Waals surface area contributed by atoms with Crippen molar-refractivity contribution in [3.8, 4) is 6.07 Å². The monoisotopic (exact) mass is 183 g/mol. The number of hydrogen-bond acceptors (Lipinski definition) is 3. The lowest BCUT2D eigenvalue weighted by Gasteiger charge is -2.11. The minimum absolute atomic E-state index is 0.219. The number of nitrogens with zero attached hydrogens (tertiary/aromatic N) is 1. The molecular formula is C8H13N3O2. The van der Waals surface area contributed by atoms with Crippen LogP contribution in [0.3, 0.4) is 0 Å². The summed E-state index contributed by atoms with van der Waals surface area (Å²) in [5, 5.41) is 13.1. The fourth-order valence-corrected chi connectivity index (χ4v) is 0.757. The summed E-state index contributed by atoms with van der Waals surface area (Å²) in [5.74, 6) is -0.671. The van der Waals surface area contributed by atoms with Crippen LogP contribution in [0, 0.1) is 11.3 Å². The largest absolute Gasteiger partial charge is 0.355 e. The Kier molecular flexibility index (Phi) is 5.28. The van der Waals surface area contributed by atoms with Crippen molar-refractivity contribution in [1.29, 1.82) is 5.26 Å². The van der Waals surface area contributed by atoms with E-state index < -0.39 is 11.9 Å². The summed E-state index contributed by atoms with van der Waals surface area (Å²) in [7, 11) is 0. The van der Waals surface area contributed by atoms with Crippen molar-refractivity contribution in [2.24, 2.45) is 0 Å². The molecule has 0 aliphatic carbocycles. The second-order valence-electron chi connectivity index (χ2n) is 2.52. The predicted molar refractivity (Wildman–Crippen MR) is 46.5 cm³/mol. The summed E-state index contributed by atoms with van der Waals surface area (Å²) >= 11 is 0. The van der Waals surface area contributed by atoms with E-state index in [4.69, 9.17) is 5.26 Å². The molecule has 2 N–H and O–H groups in total. The maximum atomic E-state index is 11.1. The van der Waals surface area contributed by atoms with E-state index >= 15 is 0 Å². The highest BCUT2D eigenvalue weighted by Crippen LogP contribution is 1.84. The molecule has 0 fully saturated rings. The van der Waals surface area contributed by atoms with Crippen molar-refractivity contribution in [1.82, 2.24) is 10.6 Å². The van der Waals surface area contributed by atoms with E-state index in [0.29, 0.717) is 6.54 Å². The molecule has 5 nitrogen and oxygen atoms in total. The Labute approximate surface area is 77.1 Å². The molecule has 2 amide bonds. The Morgan fingerprint density at radius 1 is 1.54 bits per heavy atom. The third-order valence-corrected chi connectivity index (χ3v) is 1.36. The van der Waals surface area contributed by atoms with Crippen LogP contribution in [0.25, 0.3) is 0 Å². The maximum absolute atomic E-state index is 11.1. The van der Waals surface area contributed by atoms with Gasteiger partial charge in [0.2, 0.25) is 11.8 Å². The van der Waals surface area contributed by atoms with Gasteiger partial charge in [0.1, 0.15) is 12.5 Å². The Bertz CT molecular complexity index is 232. The van der Waals surface area contributed by atoms with Gasteiger partial charge in [0.05, 0.1) is 6.07 Å². The molecule has 0 saturated carbocycles. The van der Waals surface area contributed by atoms with Crippen LogP contribution in [0.15, 0.2) is 0 Å². The summed E-state index contributed by atoms with van der Waals surface area (Å²) in [4.78, 5) is 21.9. The lowest BCUT2D eigenvalue weighted by molar-refractivity contribution is -0.128. The first-order chi connectivity index (χ1) is 6.11. The van der Waals surface area contributed by atoms with Crippen molar-refractivity contribution in [2.75, 3.05) is 6.54 Å².